The van der Waals surface area contributed by atoms with Crippen LogP contribution in [0.25, 0.3) is 0 Å². The second-order valence-electron chi connectivity index (χ2n) is 3.88. The Balaban J connectivity index is 2.35. The van der Waals surface area contributed by atoms with E-state index < -0.39 is 0 Å². The van der Waals surface area contributed by atoms with Gasteiger partial charge in [0.15, 0.2) is 0 Å². The van der Waals surface area contributed by atoms with Crippen LogP contribution in [-0.4, -0.2) is 23.4 Å². The van der Waals surface area contributed by atoms with Gasteiger partial charge in [0.1, 0.15) is 6.04 Å². The van der Waals surface area contributed by atoms with Crippen molar-refractivity contribution in [3.05, 3.63) is 33.8 Å². The third kappa shape index (κ3) is 2.24. The van der Waals surface area contributed by atoms with Crippen LogP contribution in [0.5, 0.6) is 0 Å². The number of carbonyl (C=O) groups is 1. The van der Waals surface area contributed by atoms with E-state index in [9.17, 15) is 4.79 Å². The van der Waals surface area contributed by atoms with Gasteiger partial charge in [0.25, 0.3) is 5.91 Å². The van der Waals surface area contributed by atoms with Crippen molar-refractivity contribution in [1.29, 1.82) is 5.26 Å². The summed E-state index contributed by atoms with van der Waals surface area (Å²) in [6, 6.07) is 6.69. The minimum absolute atomic E-state index is 0.260. The maximum atomic E-state index is 12.3. The average Bonchev–Trinajstić information content (AvgIpc) is 2.76. The first kappa shape index (κ1) is 12.2. The van der Waals surface area contributed by atoms with Gasteiger partial charge in [-0.2, -0.15) is 5.26 Å². The van der Waals surface area contributed by atoms with Crippen molar-refractivity contribution in [2.24, 2.45) is 0 Å². The van der Waals surface area contributed by atoms with Gasteiger partial charge in [-0.15, -0.1) is 0 Å². The summed E-state index contributed by atoms with van der Waals surface area (Å²) in [5.41, 5.74) is 0.290. The molecule has 2 rings (SSSR count). The van der Waals surface area contributed by atoms with E-state index in [0.717, 1.165) is 6.42 Å². The fourth-order valence-corrected chi connectivity index (χ4v) is 2.55. The lowest BCUT2D eigenvalue weighted by molar-refractivity contribution is 0.0765. The topological polar surface area (TPSA) is 44.1 Å². The van der Waals surface area contributed by atoms with Crippen LogP contribution in [0.1, 0.15) is 23.2 Å². The highest BCUT2D eigenvalue weighted by molar-refractivity contribution is 6.39. The molecule has 1 atom stereocenters. The number of hydrogen-bond donors (Lipinski definition) is 0. The Morgan fingerprint density at radius 3 is 2.65 bits per heavy atom. The lowest BCUT2D eigenvalue weighted by atomic mass is 10.1. The highest BCUT2D eigenvalue weighted by atomic mass is 35.5. The summed E-state index contributed by atoms with van der Waals surface area (Å²) >= 11 is 12.0. The molecule has 1 amide bonds. The molecule has 0 aromatic heterocycles. The number of hydrogen-bond acceptors (Lipinski definition) is 2. The van der Waals surface area contributed by atoms with Crippen molar-refractivity contribution in [2.45, 2.75) is 18.9 Å². The molecule has 1 fully saturated rings. The molecule has 0 spiro atoms. The Morgan fingerprint density at radius 2 is 2.06 bits per heavy atom. The van der Waals surface area contributed by atoms with Crippen LogP contribution in [0.4, 0.5) is 0 Å². The molecule has 3 nitrogen and oxygen atoms in total. The molecule has 88 valence electrons. The number of rotatable bonds is 1. The van der Waals surface area contributed by atoms with Gasteiger partial charge in [0, 0.05) is 6.54 Å². The van der Waals surface area contributed by atoms with Crippen LogP contribution >= 0.6 is 23.2 Å². The van der Waals surface area contributed by atoms with Gasteiger partial charge < -0.3 is 4.90 Å². The third-order valence-electron chi connectivity index (χ3n) is 2.84. The predicted molar refractivity (Wildman–Crippen MR) is 66.1 cm³/mol. The Kier molecular flexibility index (Phi) is 3.56. The van der Waals surface area contributed by atoms with E-state index in [-0.39, 0.29) is 17.5 Å². The molecule has 1 heterocycles. The van der Waals surface area contributed by atoms with Crippen LogP contribution < -0.4 is 0 Å². The summed E-state index contributed by atoms with van der Waals surface area (Å²) in [6.07, 6.45) is 1.55. The van der Waals surface area contributed by atoms with E-state index >= 15 is 0 Å². The molecule has 5 heteroatoms. The Labute approximate surface area is 110 Å². The molecule has 0 bridgehead atoms. The Hall–Kier alpha value is -1.24. The molecule has 0 radical (unpaired) electrons. The molecule has 1 aliphatic rings. The molecule has 1 aromatic rings. The van der Waals surface area contributed by atoms with Crippen molar-refractivity contribution in [1.82, 2.24) is 4.90 Å². The zero-order valence-corrected chi connectivity index (χ0v) is 10.5. The minimum atomic E-state index is -0.366. The van der Waals surface area contributed by atoms with Crippen molar-refractivity contribution in [2.75, 3.05) is 6.54 Å². The average molecular weight is 269 g/mol. The van der Waals surface area contributed by atoms with Crippen LogP contribution in [0.3, 0.4) is 0 Å². The second-order valence-corrected chi connectivity index (χ2v) is 4.70. The third-order valence-corrected chi connectivity index (χ3v) is 3.47. The monoisotopic (exact) mass is 268 g/mol. The van der Waals surface area contributed by atoms with Gasteiger partial charge in [0.05, 0.1) is 21.7 Å². The molecule has 0 aliphatic carbocycles. The summed E-state index contributed by atoms with van der Waals surface area (Å²) in [6.45, 7) is 0.582. The van der Waals surface area contributed by atoms with E-state index in [1.165, 1.54) is 4.90 Å². The molecule has 0 saturated carbocycles. The van der Waals surface area contributed by atoms with Crippen molar-refractivity contribution in [3.63, 3.8) is 0 Å². The number of benzene rings is 1. The lowest BCUT2D eigenvalue weighted by Crippen LogP contribution is -2.34. The van der Waals surface area contributed by atoms with Crippen LogP contribution in [-0.2, 0) is 0 Å². The lowest BCUT2D eigenvalue weighted by Gasteiger charge is -2.20. The van der Waals surface area contributed by atoms with E-state index in [2.05, 4.69) is 6.07 Å². The summed E-state index contributed by atoms with van der Waals surface area (Å²) in [7, 11) is 0. The molecule has 1 saturated heterocycles. The highest BCUT2D eigenvalue weighted by Crippen LogP contribution is 2.28. The summed E-state index contributed by atoms with van der Waals surface area (Å²) in [4.78, 5) is 13.8. The van der Waals surface area contributed by atoms with E-state index in [0.29, 0.717) is 23.0 Å². The first-order valence-corrected chi connectivity index (χ1v) is 6.05. The van der Waals surface area contributed by atoms with Crippen LogP contribution in [0.2, 0.25) is 10.0 Å². The second kappa shape index (κ2) is 4.95. The molecule has 1 unspecified atom stereocenters. The van der Waals surface area contributed by atoms with Crippen molar-refractivity contribution in [3.8, 4) is 6.07 Å². The Morgan fingerprint density at radius 1 is 1.41 bits per heavy atom. The fraction of sp³-hybridized carbons (Fsp3) is 0.333. The first-order valence-electron chi connectivity index (χ1n) is 5.29. The standard InChI is InChI=1S/C12H10Cl2N2O/c13-9-4-1-5-10(14)11(9)12(17)16-6-2-3-8(16)7-15/h1,4-5,8H,2-3,6H2. The van der Waals surface area contributed by atoms with Crippen molar-refractivity contribution < 1.29 is 4.79 Å². The number of likely N-dealkylation sites (tertiary alicyclic amines) is 1. The maximum absolute atomic E-state index is 12.3. The molecule has 1 aromatic carbocycles. The predicted octanol–water partition coefficient (Wildman–Crippen LogP) is 3.12. The van der Waals surface area contributed by atoms with Gasteiger partial charge in [-0.05, 0) is 25.0 Å². The van der Waals surface area contributed by atoms with E-state index in [1.807, 2.05) is 0 Å². The molecule has 0 N–H and O–H groups in total. The smallest absolute Gasteiger partial charge is 0.257 e. The number of amides is 1. The summed E-state index contributed by atoms with van der Waals surface area (Å²) in [5.74, 6) is -0.260. The number of nitrogens with zero attached hydrogens (tertiary/aromatic N) is 2. The zero-order chi connectivity index (χ0) is 12.4. The largest absolute Gasteiger partial charge is 0.323 e. The molecule has 1 aliphatic heterocycles. The number of carbonyl (C=O) groups excluding carboxylic acids is 1. The molecular formula is C12H10Cl2N2O. The van der Waals surface area contributed by atoms with Gasteiger partial charge in [-0.1, -0.05) is 29.3 Å². The SMILES string of the molecule is N#CC1CCCN1C(=O)c1c(Cl)cccc1Cl. The Bertz CT molecular complexity index is 476. The van der Waals surface area contributed by atoms with E-state index in [1.54, 1.807) is 18.2 Å². The zero-order valence-electron chi connectivity index (χ0n) is 8.99. The fourth-order valence-electron chi connectivity index (χ4n) is 1.99. The van der Waals surface area contributed by atoms with Gasteiger partial charge in [0.2, 0.25) is 0 Å². The summed E-state index contributed by atoms with van der Waals surface area (Å²) < 4.78 is 0. The molecule has 17 heavy (non-hydrogen) atoms. The van der Waals surface area contributed by atoms with Crippen LogP contribution in [0, 0.1) is 11.3 Å². The van der Waals surface area contributed by atoms with E-state index in [4.69, 9.17) is 28.5 Å². The van der Waals surface area contributed by atoms with Gasteiger partial charge in [-0.25, -0.2) is 0 Å². The van der Waals surface area contributed by atoms with Gasteiger partial charge >= 0.3 is 0 Å². The normalized spacial score (nSPS) is 19.1. The van der Waals surface area contributed by atoms with Gasteiger partial charge in [-0.3, -0.25) is 4.79 Å². The first-order chi connectivity index (χ1) is 8.15. The molecular weight excluding hydrogens is 259 g/mol. The number of nitriles is 1. The highest BCUT2D eigenvalue weighted by Gasteiger charge is 2.31. The quantitative estimate of drug-likeness (QED) is 0.786. The van der Waals surface area contributed by atoms with Crippen LogP contribution in [0.15, 0.2) is 18.2 Å². The summed E-state index contributed by atoms with van der Waals surface area (Å²) in [5, 5.41) is 9.61. The maximum Gasteiger partial charge on any atom is 0.257 e. The number of halogens is 2. The van der Waals surface area contributed by atoms with Crippen molar-refractivity contribution >= 4 is 29.1 Å². The minimum Gasteiger partial charge on any atom is -0.323 e.